The van der Waals surface area contributed by atoms with E-state index in [0.717, 1.165) is 18.4 Å². The van der Waals surface area contributed by atoms with E-state index in [2.05, 4.69) is 24.3 Å². The normalized spacial score (nSPS) is 10.4. The Balaban J connectivity index is 1.95. The summed E-state index contributed by atoms with van der Waals surface area (Å²) in [6, 6.07) is 25.8. The molecule has 0 bridgehead atoms. The fraction of sp³-hybridized carbons (Fsp3) is 0.0952. The highest BCUT2D eigenvalue weighted by atomic mass is 16.4. The number of rotatable bonds is 5. The first-order valence-electron chi connectivity index (χ1n) is 7.65. The van der Waals surface area contributed by atoms with Crippen LogP contribution < -0.4 is 0 Å². The second kappa shape index (κ2) is 6.93. The van der Waals surface area contributed by atoms with Crippen molar-refractivity contribution in [1.29, 1.82) is 0 Å². The molecule has 0 fully saturated rings. The summed E-state index contributed by atoms with van der Waals surface area (Å²) in [5.41, 5.74) is 4.99. The monoisotopic (exact) mass is 302 g/mol. The third-order valence-corrected chi connectivity index (χ3v) is 3.93. The van der Waals surface area contributed by atoms with Crippen molar-refractivity contribution in [2.24, 2.45) is 0 Å². The number of carbonyl (C=O) groups is 1. The standard InChI is InChI=1S/C21H18O2/c22-21(23)19-12-11-18(13-16-7-3-1-4-8-16)20(15-19)14-17-9-5-2-6-10-17/h1-12,15H,13-14H2,(H,22,23). The van der Waals surface area contributed by atoms with Crippen LogP contribution in [0, 0.1) is 0 Å². The van der Waals surface area contributed by atoms with Gasteiger partial charge in [-0.05, 0) is 47.2 Å². The van der Waals surface area contributed by atoms with Crippen LogP contribution in [0.25, 0.3) is 0 Å². The maximum absolute atomic E-state index is 11.3. The minimum atomic E-state index is -0.884. The summed E-state index contributed by atoms with van der Waals surface area (Å²) in [5, 5.41) is 9.26. The van der Waals surface area contributed by atoms with Crippen molar-refractivity contribution in [2.75, 3.05) is 0 Å². The van der Waals surface area contributed by atoms with E-state index in [1.54, 1.807) is 12.1 Å². The summed E-state index contributed by atoms with van der Waals surface area (Å²) in [6.45, 7) is 0. The Hall–Kier alpha value is -2.87. The summed E-state index contributed by atoms with van der Waals surface area (Å²) >= 11 is 0. The predicted octanol–water partition coefficient (Wildman–Crippen LogP) is 4.57. The molecule has 114 valence electrons. The topological polar surface area (TPSA) is 37.3 Å². The van der Waals surface area contributed by atoms with Gasteiger partial charge in [-0.2, -0.15) is 0 Å². The van der Waals surface area contributed by atoms with Gasteiger partial charge in [0.15, 0.2) is 0 Å². The molecule has 3 aromatic carbocycles. The van der Waals surface area contributed by atoms with Crippen LogP contribution in [0.1, 0.15) is 32.6 Å². The number of benzene rings is 3. The predicted molar refractivity (Wildman–Crippen MR) is 91.9 cm³/mol. The molecule has 0 saturated carbocycles. The third kappa shape index (κ3) is 3.86. The van der Waals surface area contributed by atoms with E-state index >= 15 is 0 Å². The Bertz CT molecular complexity index is 793. The van der Waals surface area contributed by atoms with Gasteiger partial charge in [-0.25, -0.2) is 4.79 Å². The van der Waals surface area contributed by atoms with E-state index in [0.29, 0.717) is 5.56 Å². The van der Waals surface area contributed by atoms with Crippen LogP contribution in [-0.2, 0) is 12.8 Å². The van der Waals surface area contributed by atoms with Crippen molar-refractivity contribution in [3.05, 3.63) is 107 Å². The van der Waals surface area contributed by atoms with Gasteiger partial charge in [0, 0.05) is 0 Å². The fourth-order valence-corrected chi connectivity index (χ4v) is 2.73. The minimum absolute atomic E-state index is 0.341. The Kier molecular flexibility index (Phi) is 4.53. The van der Waals surface area contributed by atoms with Crippen LogP contribution in [0.3, 0.4) is 0 Å². The molecule has 0 radical (unpaired) electrons. The number of hydrogen-bond acceptors (Lipinski definition) is 1. The molecular formula is C21H18O2. The van der Waals surface area contributed by atoms with Crippen LogP contribution >= 0.6 is 0 Å². The molecule has 2 nitrogen and oxygen atoms in total. The largest absolute Gasteiger partial charge is 0.478 e. The molecule has 0 atom stereocenters. The molecule has 0 unspecified atom stereocenters. The zero-order valence-corrected chi connectivity index (χ0v) is 12.8. The first kappa shape index (κ1) is 15.0. The Morgan fingerprint density at radius 1 is 0.696 bits per heavy atom. The quantitative estimate of drug-likeness (QED) is 0.750. The second-order valence-electron chi connectivity index (χ2n) is 5.61. The maximum atomic E-state index is 11.3. The molecule has 23 heavy (non-hydrogen) atoms. The van der Waals surface area contributed by atoms with E-state index in [1.165, 1.54) is 16.7 Å². The molecular weight excluding hydrogens is 284 g/mol. The van der Waals surface area contributed by atoms with Gasteiger partial charge >= 0.3 is 5.97 Å². The number of carboxylic acid groups (broad SMARTS) is 1. The van der Waals surface area contributed by atoms with Crippen molar-refractivity contribution in [3.63, 3.8) is 0 Å². The van der Waals surface area contributed by atoms with Crippen molar-refractivity contribution < 1.29 is 9.90 Å². The molecule has 3 aromatic rings. The molecule has 1 N–H and O–H groups in total. The lowest BCUT2D eigenvalue weighted by atomic mass is 9.93. The van der Waals surface area contributed by atoms with Gasteiger partial charge in [0.05, 0.1) is 5.56 Å². The minimum Gasteiger partial charge on any atom is -0.478 e. The van der Waals surface area contributed by atoms with Gasteiger partial charge in [0.2, 0.25) is 0 Å². The first-order chi connectivity index (χ1) is 11.2. The molecule has 0 aliphatic heterocycles. The lowest BCUT2D eigenvalue weighted by Crippen LogP contribution is -2.02. The Labute approximate surface area is 136 Å². The van der Waals surface area contributed by atoms with E-state index < -0.39 is 5.97 Å². The van der Waals surface area contributed by atoms with Gasteiger partial charge in [-0.15, -0.1) is 0 Å². The molecule has 3 rings (SSSR count). The van der Waals surface area contributed by atoms with Gasteiger partial charge in [-0.3, -0.25) is 0 Å². The van der Waals surface area contributed by atoms with Gasteiger partial charge in [0.25, 0.3) is 0 Å². The molecule has 0 saturated heterocycles. The van der Waals surface area contributed by atoms with Crippen LogP contribution in [-0.4, -0.2) is 11.1 Å². The van der Waals surface area contributed by atoms with E-state index in [9.17, 15) is 9.90 Å². The van der Waals surface area contributed by atoms with Crippen LogP contribution in [0.5, 0.6) is 0 Å². The molecule has 0 heterocycles. The van der Waals surface area contributed by atoms with Crippen LogP contribution in [0.15, 0.2) is 78.9 Å². The Morgan fingerprint density at radius 2 is 1.22 bits per heavy atom. The van der Waals surface area contributed by atoms with Crippen molar-refractivity contribution in [1.82, 2.24) is 0 Å². The van der Waals surface area contributed by atoms with Gasteiger partial charge < -0.3 is 5.11 Å². The molecule has 0 spiro atoms. The first-order valence-corrected chi connectivity index (χ1v) is 7.65. The smallest absolute Gasteiger partial charge is 0.335 e. The maximum Gasteiger partial charge on any atom is 0.335 e. The Morgan fingerprint density at radius 3 is 1.74 bits per heavy atom. The lowest BCUT2D eigenvalue weighted by molar-refractivity contribution is 0.0696. The average Bonchev–Trinajstić information content (AvgIpc) is 2.58. The summed E-state index contributed by atoms with van der Waals surface area (Å²) in [5.74, 6) is -0.884. The number of aromatic carboxylic acids is 1. The van der Waals surface area contributed by atoms with Crippen molar-refractivity contribution in [3.8, 4) is 0 Å². The summed E-state index contributed by atoms with van der Waals surface area (Å²) in [7, 11) is 0. The molecule has 0 amide bonds. The fourth-order valence-electron chi connectivity index (χ4n) is 2.73. The van der Waals surface area contributed by atoms with Crippen LogP contribution in [0.2, 0.25) is 0 Å². The molecule has 2 heteroatoms. The zero-order chi connectivity index (χ0) is 16.1. The third-order valence-electron chi connectivity index (χ3n) is 3.93. The molecule has 0 aliphatic rings. The van der Waals surface area contributed by atoms with Gasteiger partial charge in [-0.1, -0.05) is 66.7 Å². The molecule has 0 aliphatic carbocycles. The second-order valence-corrected chi connectivity index (χ2v) is 5.61. The van der Waals surface area contributed by atoms with Crippen molar-refractivity contribution in [2.45, 2.75) is 12.8 Å². The number of carboxylic acids is 1. The summed E-state index contributed by atoms with van der Waals surface area (Å²) in [4.78, 5) is 11.3. The summed E-state index contributed by atoms with van der Waals surface area (Å²) < 4.78 is 0. The highest BCUT2D eigenvalue weighted by molar-refractivity contribution is 5.88. The van der Waals surface area contributed by atoms with Crippen molar-refractivity contribution >= 4 is 5.97 Å². The van der Waals surface area contributed by atoms with Gasteiger partial charge in [0.1, 0.15) is 0 Å². The van der Waals surface area contributed by atoms with E-state index in [-0.39, 0.29) is 0 Å². The average molecular weight is 302 g/mol. The molecule has 0 aromatic heterocycles. The summed E-state index contributed by atoms with van der Waals surface area (Å²) in [6.07, 6.45) is 1.55. The van der Waals surface area contributed by atoms with E-state index in [4.69, 9.17) is 0 Å². The highest BCUT2D eigenvalue weighted by Crippen LogP contribution is 2.20. The van der Waals surface area contributed by atoms with Crippen LogP contribution in [0.4, 0.5) is 0 Å². The highest BCUT2D eigenvalue weighted by Gasteiger charge is 2.10. The SMILES string of the molecule is O=C(O)c1ccc(Cc2ccccc2)c(Cc2ccccc2)c1. The van der Waals surface area contributed by atoms with E-state index in [1.807, 2.05) is 42.5 Å². The zero-order valence-electron chi connectivity index (χ0n) is 12.8. The number of hydrogen-bond donors (Lipinski definition) is 1. The lowest BCUT2D eigenvalue weighted by Gasteiger charge is -2.11.